The molecule has 0 heterocycles. The van der Waals surface area contributed by atoms with E-state index in [2.05, 4.69) is 44.3 Å². The summed E-state index contributed by atoms with van der Waals surface area (Å²) < 4.78 is 0. The Morgan fingerprint density at radius 1 is 1.27 bits per heavy atom. The van der Waals surface area contributed by atoms with Gasteiger partial charge in [-0.1, -0.05) is 13.0 Å². The van der Waals surface area contributed by atoms with Gasteiger partial charge >= 0.3 is 0 Å². The lowest BCUT2D eigenvalue weighted by atomic mass is 10.1. The average Bonchev–Trinajstić information content (AvgIpc) is 2.24. The van der Waals surface area contributed by atoms with Gasteiger partial charge in [0.25, 0.3) is 0 Å². The Morgan fingerprint density at radius 3 is 2.53 bits per heavy atom. The molecule has 1 unspecified atom stereocenters. The molecule has 0 fully saturated rings. The van der Waals surface area contributed by atoms with Crippen molar-refractivity contribution in [2.75, 3.05) is 12.8 Å². The number of nitrogens with one attached hydrogen (secondary N) is 1. The monoisotopic (exact) mass is 223 g/mol. The lowest BCUT2D eigenvalue weighted by Gasteiger charge is -2.13. The van der Waals surface area contributed by atoms with Gasteiger partial charge in [0.05, 0.1) is 0 Å². The second kappa shape index (κ2) is 6.19. The van der Waals surface area contributed by atoms with Crippen LogP contribution in [-0.4, -0.2) is 18.8 Å². The third-order valence-electron chi connectivity index (χ3n) is 2.83. The summed E-state index contributed by atoms with van der Waals surface area (Å²) in [4.78, 5) is 1.38. The number of aryl methyl sites for hydroxylation is 2. The Labute approximate surface area is 97.7 Å². The minimum absolute atomic E-state index is 0.622. The molecule has 0 bridgehead atoms. The van der Waals surface area contributed by atoms with Gasteiger partial charge in [0.1, 0.15) is 0 Å². The maximum Gasteiger partial charge on any atom is 0.0156 e. The van der Waals surface area contributed by atoms with E-state index in [4.69, 9.17) is 0 Å². The van der Waals surface area contributed by atoms with E-state index < -0.39 is 0 Å². The number of hydrogen-bond acceptors (Lipinski definition) is 2. The fourth-order valence-electron chi connectivity index (χ4n) is 1.41. The predicted molar refractivity (Wildman–Crippen MR) is 69.8 cm³/mol. The molecule has 0 amide bonds. The minimum Gasteiger partial charge on any atom is -0.316 e. The van der Waals surface area contributed by atoms with Crippen LogP contribution in [0.4, 0.5) is 0 Å². The van der Waals surface area contributed by atoms with E-state index in [1.807, 2.05) is 18.8 Å². The van der Waals surface area contributed by atoms with E-state index in [1.165, 1.54) is 22.4 Å². The largest absolute Gasteiger partial charge is 0.316 e. The van der Waals surface area contributed by atoms with Crippen LogP contribution in [0, 0.1) is 13.8 Å². The van der Waals surface area contributed by atoms with Crippen molar-refractivity contribution >= 4 is 11.8 Å². The summed E-state index contributed by atoms with van der Waals surface area (Å²) in [5, 5.41) is 3.33. The van der Waals surface area contributed by atoms with Gasteiger partial charge in [-0.05, 0) is 50.6 Å². The first-order valence-electron chi connectivity index (χ1n) is 5.54. The van der Waals surface area contributed by atoms with E-state index in [1.54, 1.807) is 0 Å². The number of hydrogen-bond donors (Lipinski definition) is 1. The third kappa shape index (κ3) is 3.88. The molecule has 1 nitrogen and oxygen atoms in total. The Balaban J connectivity index is 2.54. The SMILES string of the molecule is CCC(CSc1ccc(C)c(C)c1)NC. The van der Waals surface area contributed by atoms with E-state index in [0.29, 0.717) is 6.04 Å². The molecule has 0 spiro atoms. The molecular weight excluding hydrogens is 202 g/mol. The molecule has 1 rings (SSSR count). The molecule has 0 aliphatic rings. The maximum atomic E-state index is 3.33. The van der Waals surface area contributed by atoms with Crippen LogP contribution in [0.15, 0.2) is 23.1 Å². The van der Waals surface area contributed by atoms with E-state index in [-0.39, 0.29) is 0 Å². The van der Waals surface area contributed by atoms with Crippen molar-refractivity contribution in [3.8, 4) is 0 Å². The molecule has 2 heteroatoms. The highest BCUT2D eigenvalue weighted by molar-refractivity contribution is 7.99. The van der Waals surface area contributed by atoms with Crippen molar-refractivity contribution in [2.24, 2.45) is 0 Å². The predicted octanol–water partition coefficient (Wildman–Crippen LogP) is 3.39. The maximum absolute atomic E-state index is 3.33. The van der Waals surface area contributed by atoms with Gasteiger partial charge < -0.3 is 5.32 Å². The van der Waals surface area contributed by atoms with Gasteiger partial charge in [0, 0.05) is 16.7 Å². The van der Waals surface area contributed by atoms with Crippen LogP contribution in [0.3, 0.4) is 0 Å². The molecule has 0 saturated heterocycles. The molecular formula is C13H21NS. The highest BCUT2D eigenvalue weighted by atomic mass is 32.2. The molecule has 0 radical (unpaired) electrons. The van der Waals surface area contributed by atoms with Gasteiger partial charge in [-0.15, -0.1) is 11.8 Å². The topological polar surface area (TPSA) is 12.0 Å². The molecule has 0 aliphatic carbocycles. The van der Waals surface area contributed by atoms with E-state index in [0.717, 1.165) is 5.75 Å². The van der Waals surface area contributed by atoms with Crippen LogP contribution in [0.2, 0.25) is 0 Å². The van der Waals surface area contributed by atoms with Crippen LogP contribution >= 0.6 is 11.8 Å². The van der Waals surface area contributed by atoms with Crippen LogP contribution in [0.5, 0.6) is 0 Å². The summed E-state index contributed by atoms with van der Waals surface area (Å²) in [5.41, 5.74) is 2.76. The van der Waals surface area contributed by atoms with E-state index >= 15 is 0 Å². The summed E-state index contributed by atoms with van der Waals surface area (Å²) in [7, 11) is 2.04. The Hall–Kier alpha value is -0.470. The second-order valence-electron chi connectivity index (χ2n) is 3.95. The van der Waals surface area contributed by atoms with Gasteiger partial charge in [-0.2, -0.15) is 0 Å². The van der Waals surface area contributed by atoms with Crippen LogP contribution in [0.25, 0.3) is 0 Å². The third-order valence-corrected chi connectivity index (χ3v) is 3.99. The van der Waals surface area contributed by atoms with Crippen molar-refractivity contribution < 1.29 is 0 Å². The second-order valence-corrected chi connectivity index (χ2v) is 5.04. The van der Waals surface area contributed by atoms with Crippen molar-refractivity contribution in [1.82, 2.24) is 5.32 Å². The zero-order valence-corrected chi connectivity index (χ0v) is 10.9. The Bertz CT molecular complexity index is 305. The first-order chi connectivity index (χ1) is 7.17. The first-order valence-corrected chi connectivity index (χ1v) is 6.53. The van der Waals surface area contributed by atoms with Gasteiger partial charge in [0.2, 0.25) is 0 Å². The average molecular weight is 223 g/mol. The lowest BCUT2D eigenvalue weighted by Crippen LogP contribution is -2.26. The first kappa shape index (κ1) is 12.6. The van der Waals surface area contributed by atoms with Crippen LogP contribution in [0.1, 0.15) is 24.5 Å². The lowest BCUT2D eigenvalue weighted by molar-refractivity contribution is 0.602. The normalized spacial score (nSPS) is 12.8. The van der Waals surface area contributed by atoms with Gasteiger partial charge in [0.15, 0.2) is 0 Å². The summed E-state index contributed by atoms with van der Waals surface area (Å²) >= 11 is 1.94. The van der Waals surface area contributed by atoms with Crippen molar-refractivity contribution in [3.05, 3.63) is 29.3 Å². The fourth-order valence-corrected chi connectivity index (χ4v) is 2.63. The zero-order valence-electron chi connectivity index (χ0n) is 10.1. The van der Waals surface area contributed by atoms with E-state index in [9.17, 15) is 0 Å². The number of rotatable bonds is 5. The van der Waals surface area contributed by atoms with Gasteiger partial charge in [-0.25, -0.2) is 0 Å². The molecule has 0 aliphatic heterocycles. The standard InChI is InChI=1S/C13H21NS/c1-5-12(14-4)9-15-13-7-6-10(2)11(3)8-13/h6-8,12,14H,5,9H2,1-4H3. The van der Waals surface area contributed by atoms with Crippen molar-refractivity contribution in [2.45, 2.75) is 38.1 Å². The molecule has 1 aromatic rings. The Morgan fingerprint density at radius 2 is 2.00 bits per heavy atom. The Kier molecular flexibility index (Phi) is 5.20. The quantitative estimate of drug-likeness (QED) is 0.768. The highest BCUT2D eigenvalue weighted by Crippen LogP contribution is 2.22. The van der Waals surface area contributed by atoms with Crippen LogP contribution < -0.4 is 5.32 Å². The van der Waals surface area contributed by atoms with Crippen molar-refractivity contribution in [1.29, 1.82) is 0 Å². The molecule has 84 valence electrons. The minimum atomic E-state index is 0.622. The molecule has 0 saturated carbocycles. The summed E-state index contributed by atoms with van der Waals surface area (Å²) in [6.07, 6.45) is 1.19. The fraction of sp³-hybridized carbons (Fsp3) is 0.538. The smallest absolute Gasteiger partial charge is 0.0156 e. The molecule has 1 atom stereocenters. The van der Waals surface area contributed by atoms with Crippen LogP contribution in [-0.2, 0) is 0 Å². The summed E-state index contributed by atoms with van der Waals surface area (Å²) in [5.74, 6) is 1.15. The molecule has 15 heavy (non-hydrogen) atoms. The number of thioether (sulfide) groups is 1. The van der Waals surface area contributed by atoms with Gasteiger partial charge in [-0.3, -0.25) is 0 Å². The molecule has 0 aromatic heterocycles. The number of benzene rings is 1. The molecule has 1 aromatic carbocycles. The zero-order chi connectivity index (χ0) is 11.3. The summed E-state index contributed by atoms with van der Waals surface area (Å²) in [6.45, 7) is 6.56. The summed E-state index contributed by atoms with van der Waals surface area (Å²) in [6, 6.07) is 7.33. The van der Waals surface area contributed by atoms with Crippen molar-refractivity contribution in [3.63, 3.8) is 0 Å². The molecule has 1 N–H and O–H groups in total. The highest BCUT2D eigenvalue weighted by Gasteiger charge is 2.04.